The zero-order valence-corrected chi connectivity index (χ0v) is 18.8. The van der Waals surface area contributed by atoms with E-state index >= 15 is 0 Å². The smallest absolute Gasteiger partial charge is 0.251 e. The average Bonchev–Trinajstić information content (AvgIpc) is 3.19. The molecule has 2 amide bonds. The summed E-state index contributed by atoms with van der Waals surface area (Å²) in [7, 11) is 1.57. The predicted octanol–water partition coefficient (Wildman–Crippen LogP) is 3.44. The molecule has 0 aliphatic rings. The van der Waals surface area contributed by atoms with Crippen molar-refractivity contribution >= 4 is 29.3 Å². The Labute approximate surface area is 191 Å². The van der Waals surface area contributed by atoms with Crippen molar-refractivity contribution in [3.63, 3.8) is 0 Å². The minimum absolute atomic E-state index is 0.138. The molecule has 1 heterocycles. The Kier molecular flexibility index (Phi) is 8.04. The first-order valence-corrected chi connectivity index (χ1v) is 10.9. The summed E-state index contributed by atoms with van der Waals surface area (Å²) >= 11 is 1.28. The van der Waals surface area contributed by atoms with Crippen LogP contribution in [0.3, 0.4) is 0 Å². The van der Waals surface area contributed by atoms with Crippen molar-refractivity contribution in [1.29, 1.82) is 0 Å². The molecule has 8 nitrogen and oxygen atoms in total. The highest BCUT2D eigenvalue weighted by Gasteiger charge is 2.15. The van der Waals surface area contributed by atoms with Crippen molar-refractivity contribution in [2.45, 2.75) is 25.2 Å². The Morgan fingerprint density at radius 1 is 1.12 bits per heavy atom. The van der Waals surface area contributed by atoms with Gasteiger partial charge in [-0.2, -0.15) is 0 Å². The van der Waals surface area contributed by atoms with Gasteiger partial charge in [-0.25, -0.2) is 0 Å². The molecule has 0 aliphatic heterocycles. The van der Waals surface area contributed by atoms with Crippen LogP contribution in [0.5, 0.6) is 5.75 Å². The molecule has 2 aromatic carbocycles. The number of methoxy groups -OCH3 is 1. The number of carbonyl (C=O) groups is 2. The third-order valence-electron chi connectivity index (χ3n) is 4.53. The average molecular weight is 452 g/mol. The summed E-state index contributed by atoms with van der Waals surface area (Å²) in [5.74, 6) is 1.07. The van der Waals surface area contributed by atoms with E-state index in [0.717, 1.165) is 11.3 Å². The van der Waals surface area contributed by atoms with Crippen LogP contribution < -0.4 is 15.4 Å². The van der Waals surface area contributed by atoms with E-state index in [2.05, 4.69) is 27.4 Å². The Morgan fingerprint density at radius 2 is 1.84 bits per heavy atom. The van der Waals surface area contributed by atoms with Gasteiger partial charge in [-0.05, 0) is 43.3 Å². The summed E-state index contributed by atoms with van der Waals surface area (Å²) in [4.78, 5) is 24.7. The van der Waals surface area contributed by atoms with Gasteiger partial charge >= 0.3 is 0 Å². The molecule has 3 aromatic rings. The second-order valence-electron chi connectivity index (χ2n) is 6.91. The minimum atomic E-state index is -0.229. The maximum atomic E-state index is 12.4. The van der Waals surface area contributed by atoms with Crippen LogP contribution in [0.4, 0.5) is 5.69 Å². The molecular weight excluding hydrogens is 426 g/mol. The molecule has 3 rings (SSSR count). The number of allylic oxidation sites excluding steroid dienone is 1. The summed E-state index contributed by atoms with van der Waals surface area (Å²) in [5, 5.41) is 14.6. The quantitative estimate of drug-likeness (QED) is 0.362. The Balaban J connectivity index is 1.58. The number of aromatic nitrogens is 3. The number of aryl methyl sites for hydroxylation is 1. The number of hydrogen-bond acceptors (Lipinski definition) is 6. The van der Waals surface area contributed by atoms with Gasteiger partial charge in [0.15, 0.2) is 11.0 Å². The lowest BCUT2D eigenvalue weighted by Crippen LogP contribution is -2.24. The van der Waals surface area contributed by atoms with Gasteiger partial charge in [0, 0.05) is 17.8 Å². The number of carbonyl (C=O) groups excluding carboxylic acids is 2. The number of ether oxygens (including phenoxy) is 1. The third-order valence-corrected chi connectivity index (χ3v) is 5.50. The second kappa shape index (κ2) is 11.1. The van der Waals surface area contributed by atoms with Crippen molar-refractivity contribution in [1.82, 2.24) is 20.1 Å². The van der Waals surface area contributed by atoms with Gasteiger partial charge < -0.3 is 19.9 Å². The van der Waals surface area contributed by atoms with E-state index < -0.39 is 0 Å². The molecule has 0 saturated carbocycles. The number of nitrogens with zero attached hydrogens (tertiary/aromatic N) is 3. The van der Waals surface area contributed by atoms with Crippen LogP contribution in [0, 0.1) is 6.92 Å². The predicted molar refractivity (Wildman–Crippen MR) is 125 cm³/mol. The molecule has 0 radical (unpaired) electrons. The van der Waals surface area contributed by atoms with Crippen LogP contribution in [0.2, 0.25) is 0 Å². The minimum Gasteiger partial charge on any atom is -0.497 e. The topological polar surface area (TPSA) is 98.1 Å². The van der Waals surface area contributed by atoms with E-state index in [1.165, 1.54) is 11.8 Å². The number of anilines is 1. The molecule has 0 fully saturated rings. The zero-order valence-electron chi connectivity index (χ0n) is 18.0. The first kappa shape index (κ1) is 23.1. The second-order valence-corrected chi connectivity index (χ2v) is 7.85. The highest BCUT2D eigenvalue weighted by Crippen LogP contribution is 2.18. The summed E-state index contributed by atoms with van der Waals surface area (Å²) in [5.41, 5.74) is 2.39. The number of thioether (sulfide) groups is 1. The number of benzene rings is 2. The maximum Gasteiger partial charge on any atom is 0.251 e. The normalized spacial score (nSPS) is 10.4. The molecule has 0 aliphatic carbocycles. The highest BCUT2D eigenvalue weighted by molar-refractivity contribution is 7.99. The molecule has 0 atom stereocenters. The van der Waals surface area contributed by atoms with E-state index in [-0.39, 0.29) is 24.1 Å². The SMILES string of the molecule is C=CCn1c(CNC(=O)c2ccc(OC)cc2)nnc1SCC(=O)Nc1ccc(C)cc1. The van der Waals surface area contributed by atoms with Crippen LogP contribution in [0.1, 0.15) is 21.7 Å². The number of amides is 2. The molecular formula is C23H25N5O3S. The maximum absolute atomic E-state index is 12.4. The lowest BCUT2D eigenvalue weighted by atomic mass is 10.2. The Morgan fingerprint density at radius 3 is 2.50 bits per heavy atom. The van der Waals surface area contributed by atoms with Gasteiger partial charge in [-0.1, -0.05) is 35.5 Å². The third kappa shape index (κ3) is 6.21. The summed E-state index contributed by atoms with van der Waals surface area (Å²) in [6.07, 6.45) is 1.72. The lowest BCUT2D eigenvalue weighted by Gasteiger charge is -2.09. The zero-order chi connectivity index (χ0) is 22.9. The monoisotopic (exact) mass is 451 g/mol. The number of nitrogens with one attached hydrogen (secondary N) is 2. The highest BCUT2D eigenvalue weighted by atomic mass is 32.2. The molecule has 2 N–H and O–H groups in total. The Bertz CT molecular complexity index is 1080. The number of rotatable bonds is 10. The molecule has 32 heavy (non-hydrogen) atoms. The van der Waals surface area contributed by atoms with Crippen molar-refractivity contribution in [2.75, 3.05) is 18.2 Å². The summed E-state index contributed by atoms with van der Waals surface area (Å²) < 4.78 is 6.93. The van der Waals surface area contributed by atoms with E-state index in [0.29, 0.717) is 28.8 Å². The number of hydrogen-bond donors (Lipinski definition) is 2. The largest absolute Gasteiger partial charge is 0.497 e. The molecule has 1 aromatic heterocycles. The fraction of sp³-hybridized carbons (Fsp3) is 0.217. The van der Waals surface area contributed by atoms with Crippen molar-refractivity contribution in [2.24, 2.45) is 0 Å². The van der Waals surface area contributed by atoms with Crippen molar-refractivity contribution in [3.05, 3.63) is 78.1 Å². The van der Waals surface area contributed by atoms with Gasteiger partial charge in [0.05, 0.1) is 19.4 Å². The molecule has 0 spiro atoms. The van der Waals surface area contributed by atoms with Gasteiger partial charge in [-0.15, -0.1) is 16.8 Å². The van der Waals surface area contributed by atoms with Crippen molar-refractivity contribution in [3.8, 4) is 5.75 Å². The lowest BCUT2D eigenvalue weighted by molar-refractivity contribution is -0.113. The van der Waals surface area contributed by atoms with Crippen LogP contribution >= 0.6 is 11.8 Å². The van der Waals surface area contributed by atoms with Crippen LogP contribution in [-0.2, 0) is 17.9 Å². The summed E-state index contributed by atoms with van der Waals surface area (Å²) in [6.45, 7) is 6.42. The van der Waals surface area contributed by atoms with E-state index in [9.17, 15) is 9.59 Å². The van der Waals surface area contributed by atoms with Crippen LogP contribution in [0.15, 0.2) is 66.3 Å². The molecule has 166 valence electrons. The van der Waals surface area contributed by atoms with E-state index in [1.807, 2.05) is 35.8 Å². The first-order valence-electron chi connectivity index (χ1n) is 9.94. The molecule has 9 heteroatoms. The van der Waals surface area contributed by atoms with E-state index in [1.54, 1.807) is 37.5 Å². The van der Waals surface area contributed by atoms with Gasteiger partial charge in [0.25, 0.3) is 5.91 Å². The fourth-order valence-corrected chi connectivity index (χ4v) is 3.60. The Hall–Kier alpha value is -3.59. The van der Waals surface area contributed by atoms with Crippen molar-refractivity contribution < 1.29 is 14.3 Å². The first-order chi connectivity index (χ1) is 15.5. The van der Waals surface area contributed by atoms with Crippen LogP contribution in [-0.4, -0.2) is 39.4 Å². The standard InChI is InChI=1S/C23H25N5O3S/c1-4-13-28-20(14-24-22(30)17-7-11-19(31-3)12-8-17)26-27-23(28)32-15-21(29)25-18-9-5-16(2)6-10-18/h4-12H,1,13-15H2,2-3H3,(H,24,30)(H,25,29). The fourth-order valence-electron chi connectivity index (χ4n) is 2.84. The van der Waals surface area contributed by atoms with Gasteiger partial charge in [0.2, 0.25) is 5.91 Å². The molecule has 0 bridgehead atoms. The summed E-state index contributed by atoms with van der Waals surface area (Å²) in [6, 6.07) is 14.4. The van der Waals surface area contributed by atoms with E-state index in [4.69, 9.17) is 4.74 Å². The van der Waals surface area contributed by atoms with Crippen LogP contribution in [0.25, 0.3) is 0 Å². The van der Waals surface area contributed by atoms with Gasteiger partial charge in [0.1, 0.15) is 5.75 Å². The molecule has 0 saturated heterocycles. The van der Waals surface area contributed by atoms with Gasteiger partial charge in [-0.3, -0.25) is 9.59 Å². The molecule has 0 unspecified atom stereocenters.